The molecule has 2 heterocycles. The number of alkyl halides is 1. The monoisotopic (exact) mass is 441 g/mol. The summed E-state index contributed by atoms with van der Waals surface area (Å²) >= 11 is 0. The Balaban J connectivity index is 2.21. The molecule has 2 rings (SSSR count). The number of nitrogens with zero attached hydrogens (tertiary/aromatic N) is 5. The van der Waals surface area contributed by atoms with Crippen molar-refractivity contribution in [1.29, 1.82) is 0 Å². The Morgan fingerprint density at radius 2 is 1.93 bits per heavy atom. The van der Waals surface area contributed by atoms with Crippen molar-refractivity contribution in [1.82, 2.24) is 19.6 Å². The highest BCUT2D eigenvalue weighted by Gasteiger charge is 2.38. The Morgan fingerprint density at radius 3 is 2.40 bits per heavy atom. The van der Waals surface area contributed by atoms with Crippen LogP contribution in [0.4, 0.5) is 10.1 Å². The zero-order chi connectivity index (χ0) is 22.9. The number of halogens is 1. The second-order valence-corrected chi connectivity index (χ2v) is 13.7. The molecule has 0 aliphatic heterocycles. The molecule has 2 aromatic rings. The third kappa shape index (κ3) is 5.07. The summed E-state index contributed by atoms with van der Waals surface area (Å²) in [5.74, 6) is 0.367. The molecule has 9 nitrogen and oxygen atoms in total. The third-order valence-electron chi connectivity index (χ3n) is 5.47. The van der Waals surface area contributed by atoms with Crippen molar-refractivity contribution in [3.8, 4) is 11.7 Å². The van der Waals surface area contributed by atoms with E-state index in [2.05, 4.69) is 31.0 Å². The van der Waals surface area contributed by atoms with E-state index in [-0.39, 0.29) is 29.8 Å². The van der Waals surface area contributed by atoms with Gasteiger partial charge in [-0.2, -0.15) is 5.10 Å². The topological polar surface area (TPSA) is 97.2 Å². The summed E-state index contributed by atoms with van der Waals surface area (Å²) in [7, 11) is -0.369. The molecule has 1 atom stereocenters. The lowest BCUT2D eigenvalue weighted by Gasteiger charge is -2.36. The Morgan fingerprint density at radius 1 is 1.30 bits per heavy atom. The number of nitro groups is 1. The summed E-state index contributed by atoms with van der Waals surface area (Å²) in [5, 5.41) is 20.2. The third-order valence-corrected chi connectivity index (χ3v) is 9.97. The van der Waals surface area contributed by atoms with Crippen molar-refractivity contribution in [3.05, 3.63) is 27.6 Å². The molecule has 1 unspecified atom stereocenters. The van der Waals surface area contributed by atoms with Crippen LogP contribution >= 0.6 is 0 Å². The molecule has 2 aromatic heterocycles. The molecule has 0 aliphatic carbocycles. The van der Waals surface area contributed by atoms with Gasteiger partial charge in [-0.25, -0.2) is 9.07 Å². The molecule has 0 saturated heterocycles. The van der Waals surface area contributed by atoms with Gasteiger partial charge < -0.3 is 9.16 Å². The number of ether oxygens (including phenoxy) is 1. The van der Waals surface area contributed by atoms with Gasteiger partial charge in [0, 0.05) is 13.1 Å². The second kappa shape index (κ2) is 8.84. The predicted octanol–water partition coefficient (Wildman–Crippen LogP) is 4.12. The summed E-state index contributed by atoms with van der Waals surface area (Å²) in [6.07, 6.45) is -1.07. The van der Waals surface area contributed by atoms with Gasteiger partial charge in [0.1, 0.15) is 12.3 Å². The molecular weight excluding hydrogens is 409 g/mol. The lowest BCUT2D eigenvalue weighted by atomic mass is 10.2. The SMILES string of the molecule is CCc1c([N+](=O)[O-])c(OCC(F)CO[Si](C)(C)C(C)(C)C)nn1-c1cc(C)nn1C. The first-order valence-corrected chi connectivity index (χ1v) is 12.9. The van der Waals surface area contributed by atoms with Crippen LogP contribution in [0.15, 0.2) is 6.07 Å². The van der Waals surface area contributed by atoms with E-state index in [4.69, 9.17) is 9.16 Å². The highest BCUT2D eigenvalue weighted by Crippen LogP contribution is 2.37. The first-order valence-electron chi connectivity index (χ1n) is 9.96. The van der Waals surface area contributed by atoms with Crippen molar-refractivity contribution in [2.45, 2.75) is 65.3 Å². The number of aromatic nitrogens is 4. The van der Waals surface area contributed by atoms with E-state index in [1.807, 2.05) is 20.0 Å². The minimum absolute atomic E-state index is 0.0393. The molecule has 11 heteroatoms. The van der Waals surface area contributed by atoms with Crippen molar-refractivity contribution < 1.29 is 18.5 Å². The fraction of sp³-hybridized carbons (Fsp3) is 0.684. The Hall–Kier alpha value is -2.27. The summed E-state index contributed by atoms with van der Waals surface area (Å²) in [4.78, 5) is 11.1. The first-order chi connectivity index (χ1) is 13.8. The van der Waals surface area contributed by atoms with Crippen LogP contribution in [-0.2, 0) is 17.9 Å². The van der Waals surface area contributed by atoms with Gasteiger partial charge in [0.2, 0.25) is 0 Å². The fourth-order valence-corrected chi connectivity index (χ4v) is 3.77. The molecule has 0 spiro atoms. The standard InChI is InChI=1S/C19H32FN5O4Si/c1-9-15-17(25(26)27)18(22-24(15)16-10-13(2)21-23(16)6)28-11-14(20)12-29-30(7,8)19(3,4)5/h10,14H,9,11-12H2,1-8H3. The van der Waals surface area contributed by atoms with Gasteiger partial charge in [0.25, 0.3) is 0 Å². The number of aryl methyl sites for hydroxylation is 2. The zero-order valence-electron chi connectivity index (χ0n) is 19.0. The second-order valence-electron chi connectivity index (χ2n) is 8.87. The molecule has 0 saturated carbocycles. The summed E-state index contributed by atoms with van der Waals surface area (Å²) in [5.41, 5.74) is 0.863. The summed E-state index contributed by atoms with van der Waals surface area (Å²) in [6.45, 7) is 13.4. The van der Waals surface area contributed by atoms with Crippen LogP contribution in [0.25, 0.3) is 5.82 Å². The maximum absolute atomic E-state index is 14.5. The van der Waals surface area contributed by atoms with Gasteiger partial charge in [-0.3, -0.25) is 14.8 Å². The molecule has 0 fully saturated rings. The minimum Gasteiger partial charge on any atom is -0.469 e. The maximum Gasteiger partial charge on any atom is 0.353 e. The highest BCUT2D eigenvalue weighted by atomic mass is 28.4. The van der Waals surface area contributed by atoms with Crippen LogP contribution in [0, 0.1) is 17.0 Å². The highest BCUT2D eigenvalue weighted by molar-refractivity contribution is 6.74. The quantitative estimate of drug-likeness (QED) is 0.330. The van der Waals surface area contributed by atoms with Gasteiger partial charge in [0.15, 0.2) is 20.3 Å². The molecule has 168 valence electrons. The van der Waals surface area contributed by atoms with Crippen LogP contribution in [0.2, 0.25) is 18.1 Å². The van der Waals surface area contributed by atoms with Gasteiger partial charge in [-0.05, 0) is 31.5 Å². The first kappa shape index (κ1) is 24.0. The van der Waals surface area contributed by atoms with Crippen LogP contribution in [0.5, 0.6) is 5.88 Å². The van der Waals surface area contributed by atoms with Crippen molar-refractivity contribution >= 4 is 14.0 Å². The molecule has 0 amide bonds. The molecule has 0 bridgehead atoms. The fourth-order valence-electron chi connectivity index (χ4n) is 2.74. The van der Waals surface area contributed by atoms with E-state index < -0.39 is 19.4 Å². The zero-order valence-corrected chi connectivity index (χ0v) is 20.0. The smallest absolute Gasteiger partial charge is 0.353 e. The molecule has 0 aliphatic rings. The lowest BCUT2D eigenvalue weighted by molar-refractivity contribution is -0.386. The van der Waals surface area contributed by atoms with E-state index in [0.29, 0.717) is 17.9 Å². The number of hydrogen-bond acceptors (Lipinski definition) is 6. The van der Waals surface area contributed by atoms with Crippen molar-refractivity contribution in [3.63, 3.8) is 0 Å². The van der Waals surface area contributed by atoms with E-state index in [1.165, 1.54) is 4.68 Å². The maximum atomic E-state index is 14.5. The van der Waals surface area contributed by atoms with Gasteiger partial charge in [-0.1, -0.05) is 27.7 Å². The number of rotatable bonds is 9. The Bertz CT molecular complexity index is 904. The molecule has 30 heavy (non-hydrogen) atoms. The summed E-state index contributed by atoms with van der Waals surface area (Å²) in [6, 6.07) is 1.77. The normalized spacial score (nSPS) is 13.5. The van der Waals surface area contributed by atoms with Crippen LogP contribution < -0.4 is 4.74 Å². The van der Waals surface area contributed by atoms with Crippen molar-refractivity contribution in [2.24, 2.45) is 7.05 Å². The predicted molar refractivity (Wildman–Crippen MR) is 115 cm³/mol. The minimum atomic E-state index is -2.10. The van der Waals surface area contributed by atoms with Crippen LogP contribution in [-0.4, -0.2) is 52.2 Å². The van der Waals surface area contributed by atoms with Crippen molar-refractivity contribution in [2.75, 3.05) is 13.2 Å². The molecule has 0 radical (unpaired) electrons. The average molecular weight is 442 g/mol. The van der Waals surface area contributed by atoms with Gasteiger partial charge in [0.05, 0.1) is 17.2 Å². The van der Waals surface area contributed by atoms with E-state index in [0.717, 1.165) is 5.69 Å². The Kier molecular flexibility index (Phi) is 7.07. The molecular formula is C19H32FN5O4Si. The van der Waals surface area contributed by atoms with Crippen LogP contribution in [0.3, 0.4) is 0 Å². The average Bonchev–Trinajstić information content (AvgIpc) is 3.15. The molecule has 0 N–H and O–H groups in total. The lowest BCUT2D eigenvalue weighted by Crippen LogP contribution is -2.42. The van der Waals surface area contributed by atoms with E-state index in [1.54, 1.807) is 24.7 Å². The van der Waals surface area contributed by atoms with E-state index >= 15 is 0 Å². The molecule has 0 aromatic carbocycles. The van der Waals surface area contributed by atoms with E-state index in [9.17, 15) is 14.5 Å². The largest absolute Gasteiger partial charge is 0.469 e. The Labute approximate surface area is 177 Å². The van der Waals surface area contributed by atoms with Gasteiger partial charge >= 0.3 is 11.6 Å². The number of hydrogen-bond donors (Lipinski definition) is 0. The van der Waals surface area contributed by atoms with Crippen LogP contribution in [0.1, 0.15) is 39.1 Å². The van der Waals surface area contributed by atoms with Gasteiger partial charge in [-0.15, -0.1) is 5.10 Å². The summed E-state index contributed by atoms with van der Waals surface area (Å²) < 4.78 is 28.8.